The molecule has 1 aromatic carbocycles. The van der Waals surface area contributed by atoms with Crippen LogP contribution in [0.1, 0.15) is 40.2 Å². The standard InChI is InChI=1S/C20H27BN2O5S/c1-6-29(24,25)23-17-8-7-16(21-27-19(2,3)20(4,5)28-21)13-18(17)26-14-15-9-11-22-12-10-15/h7-13,23H,6,14H2,1-5H3. The van der Waals surface area contributed by atoms with Gasteiger partial charge >= 0.3 is 7.12 Å². The van der Waals surface area contributed by atoms with Crippen LogP contribution in [0.4, 0.5) is 5.69 Å². The van der Waals surface area contributed by atoms with Gasteiger partial charge in [0.1, 0.15) is 12.4 Å². The Hall–Kier alpha value is -2.10. The minimum Gasteiger partial charge on any atom is -0.487 e. The smallest absolute Gasteiger partial charge is 0.487 e. The zero-order chi connectivity index (χ0) is 21.3. The van der Waals surface area contributed by atoms with Crippen molar-refractivity contribution in [1.29, 1.82) is 0 Å². The van der Waals surface area contributed by atoms with Crippen molar-refractivity contribution >= 4 is 28.3 Å². The molecule has 0 amide bonds. The first-order valence-electron chi connectivity index (χ1n) is 9.55. The van der Waals surface area contributed by atoms with Gasteiger partial charge in [-0.05, 0) is 69.9 Å². The average molecular weight is 418 g/mol. The van der Waals surface area contributed by atoms with Crippen LogP contribution in [0.5, 0.6) is 5.75 Å². The van der Waals surface area contributed by atoms with Gasteiger partial charge in [0, 0.05) is 12.4 Å². The summed E-state index contributed by atoms with van der Waals surface area (Å²) in [4.78, 5) is 3.99. The molecule has 29 heavy (non-hydrogen) atoms. The lowest BCUT2D eigenvalue weighted by Gasteiger charge is -2.32. The number of ether oxygens (including phenoxy) is 1. The van der Waals surface area contributed by atoms with E-state index in [9.17, 15) is 8.42 Å². The molecule has 156 valence electrons. The van der Waals surface area contributed by atoms with E-state index in [1.807, 2.05) is 39.8 Å². The molecule has 9 heteroatoms. The molecule has 1 aromatic heterocycles. The van der Waals surface area contributed by atoms with Gasteiger partial charge in [-0.3, -0.25) is 9.71 Å². The third-order valence-corrected chi connectivity index (χ3v) is 6.61. The minimum absolute atomic E-state index is 0.0320. The summed E-state index contributed by atoms with van der Waals surface area (Å²) in [7, 11) is -4.02. The number of hydrogen-bond donors (Lipinski definition) is 1. The van der Waals surface area contributed by atoms with Gasteiger partial charge in [0.15, 0.2) is 0 Å². The van der Waals surface area contributed by atoms with E-state index >= 15 is 0 Å². The van der Waals surface area contributed by atoms with Gasteiger partial charge in [-0.2, -0.15) is 0 Å². The highest BCUT2D eigenvalue weighted by Crippen LogP contribution is 2.37. The molecule has 0 atom stereocenters. The van der Waals surface area contributed by atoms with E-state index in [4.69, 9.17) is 14.0 Å². The zero-order valence-corrected chi connectivity index (χ0v) is 18.2. The Bertz CT molecular complexity index is 948. The largest absolute Gasteiger partial charge is 0.494 e. The second-order valence-electron chi connectivity index (χ2n) is 7.99. The quantitative estimate of drug-likeness (QED) is 0.696. The number of pyridine rings is 1. The van der Waals surface area contributed by atoms with E-state index < -0.39 is 28.3 Å². The van der Waals surface area contributed by atoms with Crippen LogP contribution in [0.3, 0.4) is 0 Å². The topological polar surface area (TPSA) is 86.8 Å². The van der Waals surface area contributed by atoms with E-state index in [1.165, 1.54) is 0 Å². The number of sulfonamides is 1. The lowest BCUT2D eigenvalue weighted by atomic mass is 9.79. The Balaban J connectivity index is 1.90. The summed E-state index contributed by atoms with van der Waals surface area (Å²) >= 11 is 0. The van der Waals surface area contributed by atoms with Crippen LogP contribution in [0.25, 0.3) is 0 Å². The van der Waals surface area contributed by atoms with E-state index in [1.54, 1.807) is 37.5 Å². The molecule has 1 fully saturated rings. The first-order valence-corrected chi connectivity index (χ1v) is 11.2. The number of nitrogens with zero attached hydrogens (tertiary/aromatic N) is 1. The summed E-state index contributed by atoms with van der Waals surface area (Å²) in [6.07, 6.45) is 3.36. The third-order valence-electron chi connectivity index (χ3n) is 5.32. The molecule has 1 aliphatic rings. The number of anilines is 1. The Kier molecular flexibility index (Phi) is 5.94. The Labute approximate surface area is 173 Å². The predicted molar refractivity (Wildman–Crippen MR) is 114 cm³/mol. The maximum atomic E-state index is 12.1. The van der Waals surface area contributed by atoms with Crippen molar-refractivity contribution in [2.24, 2.45) is 0 Å². The number of hydrogen-bond acceptors (Lipinski definition) is 6. The first kappa shape index (κ1) is 21.6. The van der Waals surface area contributed by atoms with Crippen LogP contribution in [0, 0.1) is 0 Å². The van der Waals surface area contributed by atoms with Crippen molar-refractivity contribution < 1.29 is 22.5 Å². The number of nitrogens with one attached hydrogen (secondary N) is 1. The predicted octanol–water partition coefficient (Wildman–Crippen LogP) is 2.72. The highest BCUT2D eigenvalue weighted by molar-refractivity contribution is 7.92. The van der Waals surface area contributed by atoms with Crippen LogP contribution in [0.15, 0.2) is 42.7 Å². The van der Waals surface area contributed by atoms with Gasteiger partial charge in [-0.15, -0.1) is 0 Å². The molecule has 1 N–H and O–H groups in total. The average Bonchev–Trinajstić information content (AvgIpc) is 2.89. The molecule has 2 aromatic rings. The van der Waals surface area contributed by atoms with Crippen molar-refractivity contribution in [1.82, 2.24) is 4.98 Å². The van der Waals surface area contributed by atoms with Gasteiger partial charge in [0.25, 0.3) is 0 Å². The molecule has 0 bridgehead atoms. The maximum Gasteiger partial charge on any atom is 0.494 e. The number of benzene rings is 1. The fourth-order valence-corrected chi connectivity index (χ4v) is 3.40. The summed E-state index contributed by atoms with van der Waals surface area (Å²) in [5.41, 5.74) is 1.11. The Morgan fingerprint density at radius 1 is 1.07 bits per heavy atom. The van der Waals surface area contributed by atoms with E-state index in [0.717, 1.165) is 11.0 Å². The second-order valence-corrected chi connectivity index (χ2v) is 10.0. The SMILES string of the molecule is CCS(=O)(=O)Nc1ccc(B2OC(C)(C)C(C)(C)O2)cc1OCc1ccncc1. The highest BCUT2D eigenvalue weighted by Gasteiger charge is 2.51. The fraction of sp³-hybridized carbons (Fsp3) is 0.450. The molecule has 1 saturated heterocycles. The molecule has 7 nitrogen and oxygen atoms in total. The molecule has 3 rings (SSSR count). The van der Waals surface area contributed by atoms with Crippen LogP contribution < -0.4 is 14.9 Å². The summed E-state index contributed by atoms with van der Waals surface area (Å²) in [5.74, 6) is 0.376. The van der Waals surface area contributed by atoms with Crippen molar-refractivity contribution in [3.8, 4) is 5.75 Å². The molecule has 2 heterocycles. The van der Waals surface area contributed by atoms with Crippen molar-refractivity contribution in [2.45, 2.75) is 52.4 Å². The van der Waals surface area contributed by atoms with Gasteiger partial charge in [0.2, 0.25) is 10.0 Å². The van der Waals surface area contributed by atoms with Crippen molar-refractivity contribution in [2.75, 3.05) is 10.5 Å². The van der Waals surface area contributed by atoms with Crippen LogP contribution in [-0.2, 0) is 25.9 Å². The lowest BCUT2D eigenvalue weighted by molar-refractivity contribution is 0.00578. The molecular weight excluding hydrogens is 391 g/mol. The molecular formula is C20H27BN2O5S. The highest BCUT2D eigenvalue weighted by atomic mass is 32.2. The monoisotopic (exact) mass is 418 g/mol. The Morgan fingerprint density at radius 3 is 2.28 bits per heavy atom. The summed E-state index contributed by atoms with van der Waals surface area (Å²) in [6, 6.07) is 8.91. The van der Waals surface area contributed by atoms with E-state index in [0.29, 0.717) is 11.4 Å². The molecule has 1 aliphatic heterocycles. The lowest BCUT2D eigenvalue weighted by Crippen LogP contribution is -2.41. The minimum atomic E-state index is -3.45. The Morgan fingerprint density at radius 2 is 1.69 bits per heavy atom. The van der Waals surface area contributed by atoms with E-state index in [2.05, 4.69) is 9.71 Å². The molecule has 0 saturated carbocycles. The third kappa shape index (κ3) is 4.91. The normalized spacial score (nSPS) is 17.9. The maximum absolute atomic E-state index is 12.1. The number of aromatic nitrogens is 1. The molecule has 0 radical (unpaired) electrons. The van der Waals surface area contributed by atoms with Gasteiger partial charge in [-0.1, -0.05) is 6.07 Å². The van der Waals surface area contributed by atoms with Crippen LogP contribution in [0.2, 0.25) is 0 Å². The summed E-state index contributed by atoms with van der Waals surface area (Å²) in [5, 5.41) is 0. The van der Waals surface area contributed by atoms with Crippen LogP contribution in [-0.4, -0.2) is 37.5 Å². The van der Waals surface area contributed by atoms with Crippen molar-refractivity contribution in [3.63, 3.8) is 0 Å². The molecule has 0 unspecified atom stereocenters. The van der Waals surface area contributed by atoms with Crippen molar-refractivity contribution in [3.05, 3.63) is 48.3 Å². The van der Waals surface area contributed by atoms with Crippen LogP contribution >= 0.6 is 0 Å². The molecule has 0 spiro atoms. The molecule has 0 aliphatic carbocycles. The fourth-order valence-electron chi connectivity index (χ4n) is 2.75. The van der Waals surface area contributed by atoms with Gasteiger partial charge < -0.3 is 14.0 Å². The summed E-state index contributed by atoms with van der Waals surface area (Å²) < 4.78 is 44.9. The zero-order valence-electron chi connectivity index (χ0n) is 17.4. The van der Waals surface area contributed by atoms with Gasteiger partial charge in [-0.25, -0.2) is 8.42 Å². The second kappa shape index (κ2) is 7.97. The summed E-state index contributed by atoms with van der Waals surface area (Å²) in [6.45, 7) is 9.79. The number of rotatable bonds is 7. The van der Waals surface area contributed by atoms with Gasteiger partial charge in [0.05, 0.1) is 22.6 Å². The first-order chi connectivity index (χ1) is 13.5. The van der Waals surface area contributed by atoms with E-state index in [-0.39, 0.29) is 12.4 Å².